The standard InChI is InChI=1S/C39H81N/c1-5-7-9-11-13-15-17-19-21-23-25-27-29-32-36-40(38-34-31-35-39(3)4)37-33-30-28-26-24-22-20-18-16-14-12-10-8-6-2/h39H,5-38H2,1-4H3. The molecule has 0 aliphatic heterocycles. The molecule has 0 aromatic rings. The minimum atomic E-state index is 0.866. The van der Waals surface area contributed by atoms with Crippen molar-refractivity contribution in [3.63, 3.8) is 0 Å². The molecule has 0 saturated heterocycles. The number of hydrogen-bond acceptors (Lipinski definition) is 1. The van der Waals surface area contributed by atoms with Crippen LogP contribution in [-0.2, 0) is 0 Å². The van der Waals surface area contributed by atoms with Gasteiger partial charge in [-0.2, -0.15) is 0 Å². The van der Waals surface area contributed by atoms with Crippen LogP contribution in [0.2, 0.25) is 0 Å². The minimum Gasteiger partial charge on any atom is -0.303 e. The van der Waals surface area contributed by atoms with Gasteiger partial charge in [0.25, 0.3) is 0 Å². The van der Waals surface area contributed by atoms with Crippen molar-refractivity contribution in [1.29, 1.82) is 0 Å². The molecule has 0 rings (SSSR count). The second-order valence-electron chi connectivity index (χ2n) is 13.9. The third-order valence-electron chi connectivity index (χ3n) is 9.16. The van der Waals surface area contributed by atoms with Crippen LogP contribution in [-0.4, -0.2) is 24.5 Å². The van der Waals surface area contributed by atoms with E-state index in [-0.39, 0.29) is 0 Å². The number of rotatable bonds is 35. The molecule has 242 valence electrons. The van der Waals surface area contributed by atoms with Gasteiger partial charge in [-0.25, -0.2) is 0 Å². The highest BCUT2D eigenvalue weighted by Gasteiger charge is 2.06. The van der Waals surface area contributed by atoms with Crippen LogP contribution in [0.25, 0.3) is 0 Å². The summed E-state index contributed by atoms with van der Waals surface area (Å²) in [7, 11) is 0. The predicted molar refractivity (Wildman–Crippen MR) is 186 cm³/mol. The summed E-state index contributed by atoms with van der Waals surface area (Å²) in [6.45, 7) is 13.4. The van der Waals surface area contributed by atoms with Gasteiger partial charge >= 0.3 is 0 Å². The van der Waals surface area contributed by atoms with Gasteiger partial charge < -0.3 is 4.90 Å². The van der Waals surface area contributed by atoms with E-state index in [2.05, 4.69) is 32.6 Å². The molecule has 0 amide bonds. The molecule has 1 heteroatoms. The minimum absolute atomic E-state index is 0.866. The summed E-state index contributed by atoms with van der Waals surface area (Å²) in [5, 5.41) is 0. The average Bonchev–Trinajstić information content (AvgIpc) is 2.95. The highest BCUT2D eigenvalue weighted by Crippen LogP contribution is 2.15. The van der Waals surface area contributed by atoms with E-state index in [1.807, 2.05) is 0 Å². The molecule has 0 aliphatic rings. The maximum atomic E-state index is 2.83. The molecule has 0 bridgehead atoms. The van der Waals surface area contributed by atoms with E-state index >= 15 is 0 Å². The lowest BCUT2D eigenvalue weighted by Crippen LogP contribution is -2.27. The SMILES string of the molecule is CCCCCCCCCCCCCCCCN(CCCCCCCCCCCCCCCC)CCCCC(C)C. The maximum Gasteiger partial charge on any atom is -0.00187 e. The fourth-order valence-corrected chi connectivity index (χ4v) is 6.28. The molecule has 0 radical (unpaired) electrons. The summed E-state index contributed by atoms with van der Waals surface area (Å²) < 4.78 is 0. The van der Waals surface area contributed by atoms with Crippen LogP contribution < -0.4 is 0 Å². The van der Waals surface area contributed by atoms with Crippen molar-refractivity contribution in [2.45, 2.75) is 227 Å². The highest BCUT2D eigenvalue weighted by molar-refractivity contribution is 4.61. The van der Waals surface area contributed by atoms with Gasteiger partial charge in [0.05, 0.1) is 0 Å². The normalized spacial score (nSPS) is 11.8. The van der Waals surface area contributed by atoms with Crippen molar-refractivity contribution in [2.24, 2.45) is 5.92 Å². The van der Waals surface area contributed by atoms with Crippen molar-refractivity contribution in [2.75, 3.05) is 19.6 Å². The first-order valence-electron chi connectivity index (χ1n) is 19.4. The van der Waals surface area contributed by atoms with E-state index in [9.17, 15) is 0 Å². The van der Waals surface area contributed by atoms with E-state index < -0.39 is 0 Å². The molecule has 0 aromatic carbocycles. The van der Waals surface area contributed by atoms with Crippen molar-refractivity contribution in [3.8, 4) is 0 Å². The van der Waals surface area contributed by atoms with Crippen LogP contribution in [0, 0.1) is 5.92 Å². The smallest absolute Gasteiger partial charge is 0.00187 e. The van der Waals surface area contributed by atoms with Gasteiger partial charge in [-0.3, -0.25) is 0 Å². The summed E-state index contributed by atoms with van der Waals surface area (Å²) in [6, 6.07) is 0. The summed E-state index contributed by atoms with van der Waals surface area (Å²) in [5.41, 5.74) is 0. The number of unbranched alkanes of at least 4 members (excludes halogenated alkanes) is 27. The Morgan fingerprint density at radius 2 is 0.525 bits per heavy atom. The van der Waals surface area contributed by atoms with Crippen molar-refractivity contribution in [1.82, 2.24) is 4.90 Å². The molecular weight excluding hydrogens is 482 g/mol. The van der Waals surface area contributed by atoms with Gasteiger partial charge in [-0.15, -0.1) is 0 Å². The number of hydrogen-bond donors (Lipinski definition) is 0. The fraction of sp³-hybridized carbons (Fsp3) is 1.00. The third-order valence-corrected chi connectivity index (χ3v) is 9.16. The summed E-state index contributed by atoms with van der Waals surface area (Å²) in [4.78, 5) is 2.83. The Labute approximate surface area is 256 Å². The summed E-state index contributed by atoms with van der Waals surface area (Å²) in [6.07, 6.45) is 45.2. The Morgan fingerprint density at radius 3 is 0.775 bits per heavy atom. The van der Waals surface area contributed by atoms with Gasteiger partial charge in [0, 0.05) is 0 Å². The van der Waals surface area contributed by atoms with E-state index in [1.165, 1.54) is 219 Å². The molecule has 40 heavy (non-hydrogen) atoms. The van der Waals surface area contributed by atoms with Gasteiger partial charge in [-0.05, 0) is 44.8 Å². The first-order chi connectivity index (χ1) is 19.7. The van der Waals surface area contributed by atoms with Crippen LogP contribution in [0.3, 0.4) is 0 Å². The summed E-state index contributed by atoms with van der Waals surface area (Å²) in [5.74, 6) is 0.866. The summed E-state index contributed by atoms with van der Waals surface area (Å²) >= 11 is 0. The molecule has 0 N–H and O–H groups in total. The van der Waals surface area contributed by atoms with E-state index in [0.29, 0.717) is 0 Å². The monoisotopic (exact) mass is 564 g/mol. The van der Waals surface area contributed by atoms with Crippen LogP contribution >= 0.6 is 0 Å². The Hall–Kier alpha value is -0.0400. The molecule has 0 aromatic heterocycles. The molecule has 1 nitrogen and oxygen atoms in total. The van der Waals surface area contributed by atoms with Crippen LogP contribution in [0.5, 0.6) is 0 Å². The van der Waals surface area contributed by atoms with E-state index in [0.717, 1.165) is 5.92 Å². The van der Waals surface area contributed by atoms with Crippen molar-refractivity contribution < 1.29 is 0 Å². The van der Waals surface area contributed by atoms with E-state index in [4.69, 9.17) is 0 Å². The maximum absolute atomic E-state index is 2.83. The third kappa shape index (κ3) is 34.2. The van der Waals surface area contributed by atoms with Gasteiger partial charge in [0.2, 0.25) is 0 Å². The van der Waals surface area contributed by atoms with Gasteiger partial charge in [0.15, 0.2) is 0 Å². The topological polar surface area (TPSA) is 3.24 Å². The number of nitrogens with zero attached hydrogens (tertiary/aromatic N) is 1. The molecule has 0 unspecified atom stereocenters. The van der Waals surface area contributed by atoms with Gasteiger partial charge in [0.1, 0.15) is 0 Å². The zero-order chi connectivity index (χ0) is 29.2. The fourth-order valence-electron chi connectivity index (χ4n) is 6.28. The Morgan fingerprint density at radius 1 is 0.300 bits per heavy atom. The molecule has 0 aliphatic carbocycles. The first-order valence-corrected chi connectivity index (χ1v) is 19.4. The lowest BCUT2D eigenvalue weighted by Gasteiger charge is -2.22. The zero-order valence-corrected chi connectivity index (χ0v) is 29.1. The Balaban J connectivity index is 3.70. The molecule has 0 spiro atoms. The van der Waals surface area contributed by atoms with Crippen LogP contribution in [0.4, 0.5) is 0 Å². The zero-order valence-electron chi connectivity index (χ0n) is 29.1. The van der Waals surface area contributed by atoms with Crippen molar-refractivity contribution >= 4 is 0 Å². The molecule has 0 saturated carbocycles. The molecule has 0 heterocycles. The first kappa shape index (κ1) is 40.0. The predicted octanol–water partition coefficient (Wildman–Crippen LogP) is 14.1. The Kier molecular flexibility index (Phi) is 35.1. The molecule has 0 atom stereocenters. The van der Waals surface area contributed by atoms with Crippen LogP contribution in [0.1, 0.15) is 227 Å². The second-order valence-corrected chi connectivity index (χ2v) is 13.9. The molecule has 0 fully saturated rings. The van der Waals surface area contributed by atoms with Crippen LogP contribution in [0.15, 0.2) is 0 Å². The second kappa shape index (κ2) is 35.2. The van der Waals surface area contributed by atoms with Crippen molar-refractivity contribution in [3.05, 3.63) is 0 Å². The lowest BCUT2D eigenvalue weighted by atomic mass is 10.0. The van der Waals surface area contributed by atoms with Gasteiger partial charge in [-0.1, -0.05) is 207 Å². The lowest BCUT2D eigenvalue weighted by molar-refractivity contribution is 0.252. The average molecular weight is 564 g/mol. The van der Waals surface area contributed by atoms with E-state index in [1.54, 1.807) is 0 Å². The highest BCUT2D eigenvalue weighted by atomic mass is 15.1. The molecular formula is C39H81N. The quantitative estimate of drug-likeness (QED) is 0.0693. The largest absolute Gasteiger partial charge is 0.303 e. The Bertz CT molecular complexity index is 399.